The zero-order valence-corrected chi connectivity index (χ0v) is 7.93. The maximum Gasteiger partial charge on any atom is 0.348 e. The Kier molecular flexibility index (Phi) is 2.20. The molecular weight excluding hydrogens is 214 g/mol. The van der Waals surface area contributed by atoms with Crippen LogP contribution in [-0.2, 0) is 0 Å². The zero-order chi connectivity index (χ0) is 11.7. The molecular formula is C9H7N3O4. The van der Waals surface area contributed by atoms with Gasteiger partial charge in [0.1, 0.15) is 0 Å². The molecule has 16 heavy (non-hydrogen) atoms. The third-order valence-electron chi connectivity index (χ3n) is 2.06. The molecule has 2 aromatic rings. The van der Waals surface area contributed by atoms with Crippen LogP contribution in [0.3, 0.4) is 0 Å². The third-order valence-corrected chi connectivity index (χ3v) is 2.06. The van der Waals surface area contributed by atoms with Gasteiger partial charge in [-0.3, -0.25) is 0 Å². The Morgan fingerprint density at radius 3 is 2.00 bits per heavy atom. The Morgan fingerprint density at radius 1 is 1.06 bits per heavy atom. The van der Waals surface area contributed by atoms with Gasteiger partial charge in [-0.2, -0.15) is 0 Å². The van der Waals surface area contributed by atoms with Crippen LogP contribution in [0.5, 0.6) is 0 Å². The minimum absolute atomic E-state index is 0.0868. The van der Waals surface area contributed by atoms with Crippen molar-refractivity contribution in [1.29, 1.82) is 0 Å². The lowest BCUT2D eigenvalue weighted by molar-refractivity contribution is 0.0697. The van der Waals surface area contributed by atoms with Crippen molar-refractivity contribution in [2.24, 2.45) is 0 Å². The number of carbonyl (C=O) groups is 1. The smallest absolute Gasteiger partial charge is 0.348 e. The van der Waals surface area contributed by atoms with Crippen molar-refractivity contribution in [2.75, 3.05) is 0 Å². The van der Waals surface area contributed by atoms with Gasteiger partial charge in [-0.25, -0.2) is 29.1 Å². The maximum atomic E-state index is 11.2. The quantitative estimate of drug-likeness (QED) is 0.638. The van der Waals surface area contributed by atoms with E-state index in [1.807, 2.05) is 0 Å². The number of benzene rings is 1. The van der Waals surface area contributed by atoms with Crippen molar-refractivity contribution in [2.45, 2.75) is 0 Å². The minimum atomic E-state index is -1.07. The number of carboxylic acids is 1. The van der Waals surface area contributed by atoms with Crippen molar-refractivity contribution < 1.29 is 9.90 Å². The van der Waals surface area contributed by atoms with E-state index in [4.69, 9.17) is 5.11 Å². The molecule has 82 valence electrons. The molecule has 1 aromatic carbocycles. The van der Waals surface area contributed by atoms with Gasteiger partial charge in [0.05, 0.1) is 11.3 Å². The minimum Gasteiger partial charge on any atom is -0.478 e. The number of aromatic carboxylic acids is 1. The second-order valence-corrected chi connectivity index (χ2v) is 3.05. The first kappa shape index (κ1) is 9.97. The van der Waals surface area contributed by atoms with Gasteiger partial charge in [0.15, 0.2) is 0 Å². The molecule has 0 atom stereocenters. The first-order chi connectivity index (χ1) is 7.59. The van der Waals surface area contributed by atoms with E-state index in [1.54, 1.807) is 0 Å². The standard InChI is InChI=1S/C9H7N3O4/c13-7(14)5-1-3-6(4-2-5)12-8(15)10-11-9(12)16/h1-4H,(H,10,15)(H,11,16)(H,13,14). The lowest BCUT2D eigenvalue weighted by Crippen LogP contribution is -2.24. The summed E-state index contributed by atoms with van der Waals surface area (Å²) >= 11 is 0. The number of rotatable bonds is 2. The molecule has 0 saturated heterocycles. The van der Waals surface area contributed by atoms with Crippen LogP contribution in [0, 0.1) is 0 Å². The van der Waals surface area contributed by atoms with Crippen LogP contribution >= 0.6 is 0 Å². The average molecular weight is 221 g/mol. The predicted molar refractivity (Wildman–Crippen MR) is 54.0 cm³/mol. The summed E-state index contributed by atoms with van der Waals surface area (Å²) in [5, 5.41) is 12.9. The first-order valence-corrected chi connectivity index (χ1v) is 4.33. The van der Waals surface area contributed by atoms with Crippen molar-refractivity contribution in [3.05, 3.63) is 50.8 Å². The number of hydrogen-bond acceptors (Lipinski definition) is 3. The molecule has 0 bridgehead atoms. The Bertz CT molecular complexity index is 604. The zero-order valence-electron chi connectivity index (χ0n) is 7.93. The van der Waals surface area contributed by atoms with E-state index >= 15 is 0 Å². The van der Waals surface area contributed by atoms with Crippen LogP contribution in [0.2, 0.25) is 0 Å². The fraction of sp³-hybridized carbons (Fsp3) is 0. The van der Waals surface area contributed by atoms with E-state index < -0.39 is 17.3 Å². The topological polar surface area (TPSA) is 108 Å². The highest BCUT2D eigenvalue weighted by Crippen LogP contribution is 2.05. The molecule has 0 amide bonds. The summed E-state index contributed by atoms with van der Waals surface area (Å²) in [6, 6.07) is 5.40. The van der Waals surface area contributed by atoms with E-state index in [2.05, 4.69) is 10.2 Å². The molecule has 0 aliphatic carbocycles. The molecule has 7 nitrogen and oxygen atoms in total. The van der Waals surface area contributed by atoms with Gasteiger partial charge in [0.25, 0.3) is 0 Å². The third kappa shape index (κ3) is 1.54. The molecule has 1 aromatic heterocycles. The molecule has 0 aliphatic rings. The number of carboxylic acid groups (broad SMARTS) is 1. The van der Waals surface area contributed by atoms with Crippen LogP contribution in [0.25, 0.3) is 5.69 Å². The fourth-order valence-corrected chi connectivity index (χ4v) is 1.30. The SMILES string of the molecule is O=C(O)c1ccc(-n2c(=O)[nH][nH]c2=O)cc1. The lowest BCUT2D eigenvalue weighted by atomic mass is 10.2. The second-order valence-electron chi connectivity index (χ2n) is 3.05. The molecule has 0 saturated carbocycles. The van der Waals surface area contributed by atoms with Crippen molar-refractivity contribution in [3.63, 3.8) is 0 Å². The van der Waals surface area contributed by atoms with Crippen molar-refractivity contribution >= 4 is 5.97 Å². The van der Waals surface area contributed by atoms with Gasteiger partial charge in [-0.15, -0.1) is 0 Å². The number of aromatic nitrogens is 3. The molecule has 3 N–H and O–H groups in total. The van der Waals surface area contributed by atoms with Gasteiger partial charge in [-0.1, -0.05) is 0 Å². The highest BCUT2D eigenvalue weighted by atomic mass is 16.4. The number of nitrogens with zero attached hydrogens (tertiary/aromatic N) is 1. The summed E-state index contributed by atoms with van der Waals surface area (Å²) in [6.07, 6.45) is 0. The Morgan fingerprint density at radius 2 is 1.56 bits per heavy atom. The van der Waals surface area contributed by atoms with Crippen LogP contribution in [-0.4, -0.2) is 25.8 Å². The Hall–Kier alpha value is -2.57. The number of aromatic amines is 2. The molecule has 0 spiro atoms. The number of hydrogen-bond donors (Lipinski definition) is 3. The first-order valence-electron chi connectivity index (χ1n) is 4.33. The predicted octanol–water partition coefficient (Wildman–Crippen LogP) is -0.448. The monoisotopic (exact) mass is 221 g/mol. The highest BCUT2D eigenvalue weighted by molar-refractivity contribution is 5.87. The summed E-state index contributed by atoms with van der Waals surface area (Å²) in [5.74, 6) is -1.07. The average Bonchev–Trinajstić information content (AvgIpc) is 2.59. The number of H-pyrrole nitrogens is 2. The van der Waals surface area contributed by atoms with E-state index in [-0.39, 0.29) is 5.56 Å². The van der Waals surface area contributed by atoms with Crippen molar-refractivity contribution in [3.8, 4) is 5.69 Å². The number of nitrogens with one attached hydrogen (secondary N) is 2. The summed E-state index contributed by atoms with van der Waals surface area (Å²) < 4.78 is 0.867. The second kappa shape index (κ2) is 3.54. The molecule has 7 heteroatoms. The van der Waals surface area contributed by atoms with Crippen LogP contribution < -0.4 is 11.4 Å². The lowest BCUT2D eigenvalue weighted by Gasteiger charge is -1.99. The summed E-state index contributed by atoms with van der Waals surface area (Å²) in [7, 11) is 0. The molecule has 0 aliphatic heterocycles. The fourth-order valence-electron chi connectivity index (χ4n) is 1.30. The van der Waals surface area contributed by atoms with Gasteiger partial charge in [0.2, 0.25) is 0 Å². The van der Waals surface area contributed by atoms with E-state index in [9.17, 15) is 14.4 Å². The largest absolute Gasteiger partial charge is 0.478 e. The Labute approximate surface area is 88.0 Å². The molecule has 0 radical (unpaired) electrons. The van der Waals surface area contributed by atoms with E-state index in [0.29, 0.717) is 5.69 Å². The van der Waals surface area contributed by atoms with Crippen molar-refractivity contribution in [1.82, 2.24) is 14.8 Å². The van der Waals surface area contributed by atoms with Gasteiger partial charge < -0.3 is 5.11 Å². The summed E-state index contributed by atoms with van der Waals surface area (Å²) in [5.41, 5.74) is -0.817. The van der Waals surface area contributed by atoms with Crippen LogP contribution in [0.4, 0.5) is 0 Å². The molecule has 2 rings (SSSR count). The Balaban J connectivity index is 2.55. The summed E-state index contributed by atoms with van der Waals surface area (Å²) in [4.78, 5) is 33.0. The normalized spacial score (nSPS) is 10.2. The van der Waals surface area contributed by atoms with Gasteiger partial charge in [-0.05, 0) is 24.3 Å². The van der Waals surface area contributed by atoms with Crippen LogP contribution in [0.1, 0.15) is 10.4 Å². The van der Waals surface area contributed by atoms with Gasteiger partial charge >= 0.3 is 17.3 Å². The van der Waals surface area contributed by atoms with E-state index in [1.165, 1.54) is 24.3 Å². The molecule has 0 fully saturated rings. The maximum absolute atomic E-state index is 11.2. The van der Waals surface area contributed by atoms with E-state index in [0.717, 1.165) is 4.57 Å². The summed E-state index contributed by atoms with van der Waals surface area (Å²) in [6.45, 7) is 0. The molecule has 0 unspecified atom stereocenters. The van der Waals surface area contributed by atoms with Gasteiger partial charge in [0, 0.05) is 0 Å². The highest BCUT2D eigenvalue weighted by Gasteiger charge is 2.07. The van der Waals surface area contributed by atoms with Crippen LogP contribution in [0.15, 0.2) is 33.9 Å². The molecule has 1 heterocycles.